The number of nitrogens with zero attached hydrogens (tertiary/aromatic N) is 2. The molecule has 8 heteroatoms. The van der Waals surface area contributed by atoms with Crippen LogP contribution in [0.1, 0.15) is 18.9 Å². The van der Waals surface area contributed by atoms with Gasteiger partial charge in [0.25, 0.3) is 5.91 Å². The lowest BCUT2D eigenvalue weighted by Gasteiger charge is -2.22. The SMILES string of the molecule is C[C@@H](OC(=O)CN1C(=O)CCOc2ccccc21)C(=O)Nc1ccc(C#N)cc1. The van der Waals surface area contributed by atoms with Crippen LogP contribution in [0.15, 0.2) is 48.5 Å². The fraction of sp³-hybridized carbons (Fsp3) is 0.238. The Hall–Kier alpha value is -3.86. The first-order valence-corrected chi connectivity index (χ1v) is 9.00. The quantitative estimate of drug-likeness (QED) is 0.781. The maximum absolute atomic E-state index is 12.4. The molecule has 0 bridgehead atoms. The number of hydrogen-bond acceptors (Lipinski definition) is 6. The molecule has 2 amide bonds. The molecule has 0 radical (unpaired) electrons. The number of anilines is 2. The summed E-state index contributed by atoms with van der Waals surface area (Å²) in [6.07, 6.45) is -0.928. The van der Waals surface area contributed by atoms with Gasteiger partial charge in [-0.3, -0.25) is 19.3 Å². The summed E-state index contributed by atoms with van der Waals surface area (Å²) in [7, 11) is 0. The summed E-state index contributed by atoms with van der Waals surface area (Å²) in [6, 6.07) is 15.2. The van der Waals surface area contributed by atoms with Gasteiger partial charge < -0.3 is 14.8 Å². The van der Waals surface area contributed by atoms with Crippen molar-refractivity contribution in [1.82, 2.24) is 0 Å². The number of amides is 2. The summed E-state index contributed by atoms with van der Waals surface area (Å²) in [5.41, 5.74) is 1.43. The van der Waals surface area contributed by atoms with E-state index in [0.29, 0.717) is 22.7 Å². The summed E-state index contributed by atoms with van der Waals surface area (Å²) in [4.78, 5) is 38.3. The van der Waals surface area contributed by atoms with Gasteiger partial charge in [0.15, 0.2) is 6.10 Å². The van der Waals surface area contributed by atoms with E-state index in [-0.39, 0.29) is 25.5 Å². The third kappa shape index (κ3) is 4.90. The van der Waals surface area contributed by atoms with Crippen LogP contribution in [0.2, 0.25) is 0 Å². The van der Waals surface area contributed by atoms with Crippen LogP contribution in [0.4, 0.5) is 11.4 Å². The van der Waals surface area contributed by atoms with E-state index >= 15 is 0 Å². The highest BCUT2D eigenvalue weighted by Gasteiger charge is 2.27. The molecule has 3 rings (SSSR count). The highest BCUT2D eigenvalue weighted by Crippen LogP contribution is 2.30. The normalized spacial score (nSPS) is 13.9. The van der Waals surface area contributed by atoms with Crippen LogP contribution >= 0.6 is 0 Å². The van der Waals surface area contributed by atoms with Crippen molar-refractivity contribution in [3.05, 3.63) is 54.1 Å². The highest BCUT2D eigenvalue weighted by atomic mass is 16.5. The Morgan fingerprint density at radius 2 is 1.97 bits per heavy atom. The number of benzene rings is 2. The fourth-order valence-corrected chi connectivity index (χ4v) is 2.78. The van der Waals surface area contributed by atoms with E-state index < -0.39 is 18.0 Å². The van der Waals surface area contributed by atoms with Crippen molar-refractivity contribution >= 4 is 29.2 Å². The first-order chi connectivity index (χ1) is 14.0. The van der Waals surface area contributed by atoms with Crippen molar-refractivity contribution in [2.24, 2.45) is 0 Å². The van der Waals surface area contributed by atoms with E-state index in [9.17, 15) is 14.4 Å². The minimum absolute atomic E-state index is 0.136. The van der Waals surface area contributed by atoms with Gasteiger partial charge in [0, 0.05) is 5.69 Å². The van der Waals surface area contributed by atoms with Crippen LogP contribution in [0.5, 0.6) is 5.75 Å². The molecule has 0 aliphatic carbocycles. The molecule has 0 fully saturated rings. The highest BCUT2D eigenvalue weighted by molar-refractivity contribution is 6.00. The van der Waals surface area contributed by atoms with Gasteiger partial charge in [0.05, 0.1) is 30.3 Å². The Kier molecular flexibility index (Phi) is 6.09. The minimum Gasteiger partial charge on any atom is -0.491 e. The fourth-order valence-electron chi connectivity index (χ4n) is 2.78. The largest absolute Gasteiger partial charge is 0.491 e. The monoisotopic (exact) mass is 393 g/mol. The van der Waals surface area contributed by atoms with Crippen LogP contribution in [-0.2, 0) is 19.1 Å². The predicted molar refractivity (Wildman–Crippen MR) is 104 cm³/mol. The van der Waals surface area contributed by atoms with Gasteiger partial charge >= 0.3 is 5.97 Å². The van der Waals surface area contributed by atoms with Crippen molar-refractivity contribution in [1.29, 1.82) is 5.26 Å². The number of hydrogen-bond donors (Lipinski definition) is 1. The molecule has 1 aliphatic rings. The topological polar surface area (TPSA) is 109 Å². The Labute approximate surface area is 167 Å². The molecule has 1 aliphatic heterocycles. The summed E-state index contributed by atoms with van der Waals surface area (Å²) in [5, 5.41) is 11.4. The van der Waals surface area contributed by atoms with E-state index in [1.165, 1.54) is 11.8 Å². The summed E-state index contributed by atoms with van der Waals surface area (Å²) in [5.74, 6) is -0.981. The lowest BCUT2D eigenvalue weighted by molar-refractivity contribution is -0.152. The number of carbonyl (C=O) groups excluding carboxylic acids is 3. The van der Waals surface area contributed by atoms with E-state index in [1.54, 1.807) is 48.5 Å². The number of carbonyl (C=O) groups is 3. The van der Waals surface area contributed by atoms with E-state index in [4.69, 9.17) is 14.7 Å². The Morgan fingerprint density at radius 3 is 2.69 bits per heavy atom. The summed E-state index contributed by atoms with van der Waals surface area (Å²) in [6.45, 7) is 1.34. The van der Waals surface area contributed by atoms with Gasteiger partial charge in [-0.1, -0.05) is 12.1 Å². The number of esters is 1. The first kappa shape index (κ1) is 19.9. The summed E-state index contributed by atoms with van der Waals surface area (Å²) < 4.78 is 10.7. The molecule has 1 heterocycles. The molecule has 0 spiro atoms. The second kappa shape index (κ2) is 8.89. The molecule has 2 aromatic carbocycles. The number of para-hydroxylation sites is 2. The molecule has 0 aromatic heterocycles. The van der Waals surface area contributed by atoms with E-state index in [1.807, 2.05) is 6.07 Å². The molecule has 1 atom stereocenters. The number of nitrogens with one attached hydrogen (secondary N) is 1. The second-order valence-electron chi connectivity index (χ2n) is 6.36. The van der Waals surface area contributed by atoms with Gasteiger partial charge in [0.2, 0.25) is 5.91 Å². The molecule has 1 N–H and O–H groups in total. The molecular weight excluding hydrogens is 374 g/mol. The second-order valence-corrected chi connectivity index (χ2v) is 6.36. The lowest BCUT2D eigenvalue weighted by Crippen LogP contribution is -2.39. The van der Waals surface area contributed by atoms with Crippen molar-refractivity contribution in [2.45, 2.75) is 19.4 Å². The lowest BCUT2D eigenvalue weighted by atomic mass is 10.2. The van der Waals surface area contributed by atoms with Crippen LogP contribution in [-0.4, -0.2) is 37.0 Å². The number of rotatable bonds is 5. The Bertz CT molecular complexity index is 965. The van der Waals surface area contributed by atoms with Crippen LogP contribution in [0, 0.1) is 11.3 Å². The average molecular weight is 393 g/mol. The van der Waals surface area contributed by atoms with Gasteiger partial charge in [-0.05, 0) is 43.3 Å². The maximum atomic E-state index is 12.4. The van der Waals surface area contributed by atoms with Crippen molar-refractivity contribution in [2.75, 3.05) is 23.4 Å². The van der Waals surface area contributed by atoms with Crippen molar-refractivity contribution in [3.63, 3.8) is 0 Å². The van der Waals surface area contributed by atoms with Gasteiger partial charge in [-0.2, -0.15) is 5.26 Å². The zero-order valence-corrected chi connectivity index (χ0v) is 15.8. The van der Waals surface area contributed by atoms with Gasteiger partial charge in [-0.15, -0.1) is 0 Å². The van der Waals surface area contributed by atoms with E-state index in [2.05, 4.69) is 5.32 Å². The molecule has 29 heavy (non-hydrogen) atoms. The van der Waals surface area contributed by atoms with Gasteiger partial charge in [0.1, 0.15) is 12.3 Å². The summed E-state index contributed by atoms with van der Waals surface area (Å²) >= 11 is 0. The maximum Gasteiger partial charge on any atom is 0.326 e. The standard InChI is InChI=1S/C21H19N3O5/c1-14(21(27)23-16-8-6-15(12-22)7-9-16)29-20(26)13-24-17-4-2-3-5-18(17)28-11-10-19(24)25/h2-9,14H,10-11,13H2,1H3,(H,23,27)/t14-/m1/s1. The molecule has 0 unspecified atom stereocenters. The predicted octanol–water partition coefficient (Wildman–Crippen LogP) is 2.24. The third-order valence-corrected chi connectivity index (χ3v) is 4.28. The molecule has 0 saturated carbocycles. The van der Waals surface area contributed by atoms with Crippen LogP contribution in [0.3, 0.4) is 0 Å². The number of ether oxygens (including phenoxy) is 2. The van der Waals surface area contributed by atoms with Crippen molar-refractivity contribution < 1.29 is 23.9 Å². The molecular formula is C21H19N3O5. The van der Waals surface area contributed by atoms with Crippen LogP contribution < -0.4 is 15.0 Å². The van der Waals surface area contributed by atoms with E-state index in [0.717, 1.165) is 0 Å². The zero-order chi connectivity index (χ0) is 20.8. The van der Waals surface area contributed by atoms with Gasteiger partial charge in [-0.25, -0.2) is 0 Å². The molecule has 148 valence electrons. The number of nitriles is 1. The average Bonchev–Trinajstić information content (AvgIpc) is 2.87. The first-order valence-electron chi connectivity index (χ1n) is 9.00. The molecule has 0 saturated heterocycles. The zero-order valence-electron chi connectivity index (χ0n) is 15.8. The molecule has 8 nitrogen and oxygen atoms in total. The van der Waals surface area contributed by atoms with Crippen molar-refractivity contribution in [3.8, 4) is 11.8 Å². The Balaban J connectivity index is 1.61. The number of fused-ring (bicyclic) bond motifs is 1. The van der Waals surface area contributed by atoms with Crippen LogP contribution in [0.25, 0.3) is 0 Å². The molecule has 2 aromatic rings. The smallest absolute Gasteiger partial charge is 0.326 e. The minimum atomic E-state index is -1.06. The Morgan fingerprint density at radius 1 is 1.24 bits per heavy atom. The third-order valence-electron chi connectivity index (χ3n) is 4.28.